The molecule has 24 heavy (non-hydrogen) atoms. The second-order valence-electron chi connectivity index (χ2n) is 7.22. The van der Waals surface area contributed by atoms with Crippen LogP contribution in [0.3, 0.4) is 0 Å². The zero-order chi connectivity index (χ0) is 18.6. The maximum Gasteiger partial charge on any atom is 0.246 e. The topological polar surface area (TPSA) is 66.0 Å². The van der Waals surface area contributed by atoms with Crippen LogP contribution in [0, 0.1) is 5.92 Å². The van der Waals surface area contributed by atoms with E-state index < -0.39 is 5.54 Å². The Bertz CT molecular complexity index is 319. The lowest BCUT2D eigenvalue weighted by Gasteiger charge is -2.35. The van der Waals surface area contributed by atoms with Gasteiger partial charge < -0.3 is 24.3 Å². The molecule has 6 nitrogen and oxygen atoms in total. The molecule has 0 heterocycles. The molecule has 0 unspecified atom stereocenters. The molecule has 0 saturated carbocycles. The fraction of sp³-hybridized carbons (Fsp3) is 0.944. The summed E-state index contributed by atoms with van der Waals surface area (Å²) in [6.07, 6.45) is 1.04. The third-order valence-corrected chi connectivity index (χ3v) is 3.28. The molecule has 0 rings (SSSR count). The van der Waals surface area contributed by atoms with Gasteiger partial charge in [0.2, 0.25) is 5.91 Å². The first-order chi connectivity index (χ1) is 11.2. The van der Waals surface area contributed by atoms with Crippen molar-refractivity contribution < 1.29 is 23.7 Å². The second kappa shape index (κ2) is 12.6. The van der Waals surface area contributed by atoms with Crippen molar-refractivity contribution in [3.63, 3.8) is 0 Å². The summed E-state index contributed by atoms with van der Waals surface area (Å²) in [7, 11) is 1.60. The highest BCUT2D eigenvalue weighted by Gasteiger charge is 2.34. The highest BCUT2D eigenvalue weighted by Crippen LogP contribution is 2.11. The van der Waals surface area contributed by atoms with Gasteiger partial charge in [-0.2, -0.15) is 0 Å². The number of hydrogen-bond donors (Lipinski definition) is 1. The summed E-state index contributed by atoms with van der Waals surface area (Å²) < 4.78 is 22.2. The third-order valence-electron chi connectivity index (χ3n) is 3.28. The van der Waals surface area contributed by atoms with E-state index in [1.807, 2.05) is 27.7 Å². The van der Waals surface area contributed by atoms with Gasteiger partial charge in [-0.3, -0.25) is 4.79 Å². The van der Waals surface area contributed by atoms with Gasteiger partial charge in [-0.1, -0.05) is 13.8 Å². The molecule has 0 aromatic rings. The number of carbonyl (C=O) groups is 1. The molecule has 0 aromatic carbocycles. The standard InChI is InChI=1S/C18H37NO5/c1-14(2)8-9-22-10-17(20)19-18(11-21-7,12-23-15(3)4)13-24-16(5)6/h14-16H,8-13H2,1-7H3,(H,19,20). The summed E-state index contributed by atoms with van der Waals surface area (Å²) in [6.45, 7) is 13.6. The van der Waals surface area contributed by atoms with E-state index in [0.717, 1.165) is 6.42 Å². The molecule has 0 radical (unpaired) electrons. The zero-order valence-electron chi connectivity index (χ0n) is 16.5. The monoisotopic (exact) mass is 347 g/mol. The van der Waals surface area contributed by atoms with E-state index in [9.17, 15) is 4.79 Å². The summed E-state index contributed by atoms with van der Waals surface area (Å²) in [5, 5.41) is 2.99. The molecule has 1 amide bonds. The molecule has 0 aliphatic heterocycles. The van der Waals surface area contributed by atoms with E-state index in [1.54, 1.807) is 7.11 Å². The van der Waals surface area contributed by atoms with Crippen LogP contribution >= 0.6 is 0 Å². The summed E-state index contributed by atoms with van der Waals surface area (Å²) in [4.78, 5) is 12.3. The van der Waals surface area contributed by atoms with Crippen LogP contribution in [-0.2, 0) is 23.7 Å². The van der Waals surface area contributed by atoms with Gasteiger partial charge in [0.15, 0.2) is 0 Å². The van der Waals surface area contributed by atoms with Crippen LogP contribution < -0.4 is 5.32 Å². The molecule has 0 atom stereocenters. The SMILES string of the molecule is COCC(COC(C)C)(COC(C)C)NC(=O)COCCC(C)C. The summed E-state index contributed by atoms with van der Waals surface area (Å²) in [5.74, 6) is 0.370. The van der Waals surface area contributed by atoms with Gasteiger partial charge in [-0.25, -0.2) is 0 Å². The number of hydrogen-bond acceptors (Lipinski definition) is 5. The summed E-state index contributed by atoms with van der Waals surface area (Å²) in [5.41, 5.74) is -0.720. The van der Waals surface area contributed by atoms with Crippen molar-refractivity contribution in [3.8, 4) is 0 Å². The van der Waals surface area contributed by atoms with Crippen molar-refractivity contribution >= 4 is 5.91 Å². The van der Waals surface area contributed by atoms with Crippen LogP contribution in [0.2, 0.25) is 0 Å². The first-order valence-corrected chi connectivity index (χ1v) is 8.81. The molecule has 144 valence electrons. The Labute approximate surface area is 147 Å². The Balaban J connectivity index is 4.70. The molecule has 0 aliphatic rings. The maximum atomic E-state index is 12.3. The van der Waals surface area contributed by atoms with Crippen LogP contribution in [0.25, 0.3) is 0 Å². The maximum absolute atomic E-state index is 12.3. The highest BCUT2D eigenvalue weighted by molar-refractivity contribution is 5.78. The van der Waals surface area contributed by atoms with Gasteiger partial charge in [-0.15, -0.1) is 0 Å². The Morgan fingerprint density at radius 2 is 1.50 bits per heavy atom. The predicted octanol–water partition coefficient (Wildman–Crippen LogP) is 2.40. The normalized spacial score (nSPS) is 12.4. The molecule has 0 spiro atoms. The lowest BCUT2D eigenvalue weighted by Crippen LogP contribution is -2.59. The molecule has 0 aromatic heterocycles. The quantitative estimate of drug-likeness (QED) is 0.489. The van der Waals surface area contributed by atoms with E-state index in [0.29, 0.717) is 32.3 Å². The average Bonchev–Trinajstić information content (AvgIpc) is 2.47. The van der Waals surface area contributed by atoms with Crippen molar-refractivity contribution in [2.45, 2.75) is 65.7 Å². The first kappa shape index (κ1) is 23.3. The van der Waals surface area contributed by atoms with E-state index >= 15 is 0 Å². The van der Waals surface area contributed by atoms with E-state index in [-0.39, 0.29) is 24.7 Å². The van der Waals surface area contributed by atoms with Gasteiger partial charge in [0.25, 0.3) is 0 Å². The average molecular weight is 347 g/mol. The fourth-order valence-corrected chi connectivity index (χ4v) is 1.98. The van der Waals surface area contributed by atoms with Gasteiger partial charge in [0.1, 0.15) is 12.1 Å². The van der Waals surface area contributed by atoms with E-state index in [4.69, 9.17) is 18.9 Å². The van der Waals surface area contributed by atoms with Gasteiger partial charge in [-0.05, 0) is 40.0 Å². The lowest BCUT2D eigenvalue weighted by molar-refractivity contribution is -0.133. The van der Waals surface area contributed by atoms with Crippen molar-refractivity contribution in [2.24, 2.45) is 5.92 Å². The van der Waals surface area contributed by atoms with Crippen molar-refractivity contribution in [2.75, 3.05) is 40.1 Å². The number of amides is 1. The van der Waals surface area contributed by atoms with Crippen molar-refractivity contribution in [1.29, 1.82) is 0 Å². The van der Waals surface area contributed by atoms with Crippen LogP contribution in [-0.4, -0.2) is 63.8 Å². The minimum Gasteiger partial charge on any atom is -0.382 e. The molecule has 0 aliphatic carbocycles. The molecule has 0 fully saturated rings. The highest BCUT2D eigenvalue weighted by atomic mass is 16.5. The first-order valence-electron chi connectivity index (χ1n) is 8.81. The molecular formula is C18H37NO5. The molecular weight excluding hydrogens is 310 g/mol. The number of carbonyl (C=O) groups excluding carboxylic acids is 1. The molecule has 0 bridgehead atoms. The third kappa shape index (κ3) is 11.8. The number of ether oxygens (including phenoxy) is 4. The zero-order valence-corrected chi connectivity index (χ0v) is 16.5. The van der Waals surface area contributed by atoms with Gasteiger partial charge in [0.05, 0.1) is 32.0 Å². The summed E-state index contributed by atoms with van der Waals surface area (Å²) >= 11 is 0. The number of methoxy groups -OCH3 is 1. The minimum absolute atomic E-state index is 0.0293. The second-order valence-corrected chi connectivity index (χ2v) is 7.22. The van der Waals surface area contributed by atoms with Crippen LogP contribution in [0.5, 0.6) is 0 Å². The number of nitrogens with one attached hydrogen (secondary N) is 1. The predicted molar refractivity (Wildman–Crippen MR) is 95.2 cm³/mol. The minimum atomic E-state index is -0.720. The van der Waals surface area contributed by atoms with Crippen LogP contribution in [0.15, 0.2) is 0 Å². The van der Waals surface area contributed by atoms with E-state index in [2.05, 4.69) is 19.2 Å². The summed E-state index contributed by atoms with van der Waals surface area (Å²) in [6, 6.07) is 0. The number of rotatable bonds is 14. The Kier molecular flexibility index (Phi) is 12.3. The lowest BCUT2D eigenvalue weighted by atomic mass is 10.0. The largest absolute Gasteiger partial charge is 0.382 e. The smallest absolute Gasteiger partial charge is 0.246 e. The van der Waals surface area contributed by atoms with Crippen LogP contribution in [0.1, 0.15) is 48.0 Å². The van der Waals surface area contributed by atoms with Gasteiger partial charge in [0, 0.05) is 13.7 Å². The fourth-order valence-electron chi connectivity index (χ4n) is 1.98. The Morgan fingerprint density at radius 1 is 0.958 bits per heavy atom. The molecule has 0 saturated heterocycles. The van der Waals surface area contributed by atoms with Crippen molar-refractivity contribution in [3.05, 3.63) is 0 Å². The van der Waals surface area contributed by atoms with E-state index in [1.165, 1.54) is 0 Å². The van der Waals surface area contributed by atoms with Gasteiger partial charge >= 0.3 is 0 Å². The molecule has 6 heteroatoms. The Hall–Kier alpha value is -0.690. The molecule has 1 N–H and O–H groups in total. The Morgan fingerprint density at radius 3 is 1.92 bits per heavy atom. The van der Waals surface area contributed by atoms with Crippen molar-refractivity contribution in [1.82, 2.24) is 5.32 Å². The van der Waals surface area contributed by atoms with Crippen LogP contribution in [0.4, 0.5) is 0 Å².